The molecule has 94 valence electrons. The molecule has 8 nitrogen and oxygen atoms in total. The van der Waals surface area contributed by atoms with Crippen molar-refractivity contribution in [3.05, 3.63) is 12.2 Å². The quantitative estimate of drug-likeness (QED) is 0.306. The molecule has 16 heavy (non-hydrogen) atoms. The van der Waals surface area contributed by atoms with Gasteiger partial charge >= 0.3 is 21.2 Å². The monoisotopic (exact) mass is 274 g/mol. The lowest BCUT2D eigenvalue weighted by atomic mass is 10.4. The van der Waals surface area contributed by atoms with Crippen molar-refractivity contribution in [2.75, 3.05) is 6.61 Å². The van der Waals surface area contributed by atoms with Crippen LogP contribution in [0.15, 0.2) is 12.2 Å². The fourth-order valence-electron chi connectivity index (χ4n) is 0.664. The Morgan fingerprint density at radius 3 is 1.88 bits per heavy atom. The molecule has 0 atom stereocenters. The van der Waals surface area contributed by atoms with Gasteiger partial charge in [-0.3, -0.25) is 9.13 Å². The van der Waals surface area contributed by atoms with Crippen molar-refractivity contribution >= 4 is 21.2 Å². The second-order valence-electron chi connectivity index (χ2n) is 3.04. The molecule has 0 amide bonds. The smallest absolute Gasteiger partial charge is 0.344 e. The van der Waals surface area contributed by atoms with Crippen molar-refractivity contribution in [2.45, 2.75) is 12.3 Å². The van der Waals surface area contributed by atoms with Crippen molar-refractivity contribution in [2.24, 2.45) is 0 Å². The fourth-order valence-corrected chi connectivity index (χ4v) is 2.77. The summed E-state index contributed by atoms with van der Waals surface area (Å²) in [7, 11) is -10.1. The van der Waals surface area contributed by atoms with Crippen LogP contribution in [-0.2, 0) is 18.7 Å². The molecule has 0 rings (SSSR count). The first kappa shape index (κ1) is 15.5. The van der Waals surface area contributed by atoms with E-state index in [1.807, 2.05) is 0 Å². The maximum Gasteiger partial charge on any atom is 0.344 e. The highest BCUT2D eigenvalue weighted by molar-refractivity contribution is 7.70. The average Bonchev–Trinajstić information content (AvgIpc) is 1.98. The van der Waals surface area contributed by atoms with Crippen molar-refractivity contribution in [3.8, 4) is 0 Å². The molecule has 0 bridgehead atoms. The Kier molecular flexibility index (Phi) is 5.07. The predicted molar refractivity (Wildman–Crippen MR) is 53.6 cm³/mol. The molecule has 0 fully saturated rings. The molecule has 0 radical (unpaired) electrons. The zero-order valence-corrected chi connectivity index (χ0v) is 10.1. The van der Waals surface area contributed by atoms with Crippen LogP contribution < -0.4 is 0 Å². The van der Waals surface area contributed by atoms with Crippen LogP contribution in [0.4, 0.5) is 0 Å². The van der Waals surface area contributed by atoms with Crippen molar-refractivity contribution in [1.29, 1.82) is 0 Å². The van der Waals surface area contributed by atoms with Crippen LogP contribution >= 0.6 is 15.2 Å². The van der Waals surface area contributed by atoms with Crippen LogP contribution in [0.25, 0.3) is 0 Å². The van der Waals surface area contributed by atoms with Gasteiger partial charge in [-0.2, -0.15) is 0 Å². The Balaban J connectivity index is 4.74. The standard InChI is InChI=1S/C6H12O8P2/c1-4(2)6(7)14-3-5(15(8,9)10)16(11,12)13/h5H,1,3H2,2H3,(H2,8,9,10)(H2,11,12,13). The van der Waals surface area contributed by atoms with Crippen molar-refractivity contribution in [3.63, 3.8) is 0 Å². The summed E-state index contributed by atoms with van der Waals surface area (Å²) in [6.07, 6.45) is 0. The highest BCUT2D eigenvalue weighted by Crippen LogP contribution is 2.59. The molecular weight excluding hydrogens is 262 g/mol. The van der Waals surface area contributed by atoms with E-state index < -0.39 is 33.2 Å². The fraction of sp³-hybridized carbons (Fsp3) is 0.500. The van der Waals surface area contributed by atoms with Gasteiger partial charge in [-0.15, -0.1) is 0 Å². The zero-order valence-electron chi connectivity index (χ0n) is 8.31. The third kappa shape index (κ3) is 5.03. The van der Waals surface area contributed by atoms with Crippen LogP contribution in [0.1, 0.15) is 6.92 Å². The minimum atomic E-state index is -5.05. The lowest BCUT2D eigenvalue weighted by Crippen LogP contribution is -2.19. The molecule has 0 saturated heterocycles. The summed E-state index contributed by atoms with van der Waals surface area (Å²) < 4.78 is 25.8. The number of carbonyl (C=O) groups is 1. The molecular formula is C6H12O8P2. The van der Waals surface area contributed by atoms with Crippen LogP contribution in [0.3, 0.4) is 0 Å². The second-order valence-corrected chi connectivity index (χ2v) is 7.05. The van der Waals surface area contributed by atoms with E-state index in [1.165, 1.54) is 6.92 Å². The van der Waals surface area contributed by atoms with Gasteiger partial charge in [0.15, 0.2) is 5.40 Å². The SMILES string of the molecule is C=C(C)C(=O)OCC(P(=O)(O)O)P(=O)(O)O. The number of rotatable bonds is 5. The molecule has 4 N–H and O–H groups in total. The normalized spacial score (nSPS) is 12.6. The summed E-state index contributed by atoms with van der Waals surface area (Å²) in [6.45, 7) is 3.41. The molecule has 0 heterocycles. The number of hydrogen-bond donors (Lipinski definition) is 4. The third-order valence-electron chi connectivity index (χ3n) is 1.49. The van der Waals surface area contributed by atoms with Gasteiger partial charge in [-0.1, -0.05) is 6.58 Å². The second kappa shape index (κ2) is 5.23. The molecule has 0 aromatic heterocycles. The lowest BCUT2D eigenvalue weighted by Gasteiger charge is -2.19. The maximum absolute atomic E-state index is 10.9. The Bertz CT molecular complexity index is 354. The molecule has 0 aromatic carbocycles. The van der Waals surface area contributed by atoms with Gasteiger partial charge in [0.1, 0.15) is 6.61 Å². The average molecular weight is 274 g/mol. The minimum Gasteiger partial charge on any atom is -0.461 e. The van der Waals surface area contributed by atoms with Gasteiger partial charge in [0.05, 0.1) is 0 Å². The first-order valence-electron chi connectivity index (χ1n) is 3.89. The summed E-state index contributed by atoms with van der Waals surface area (Å²) in [5, 5.41) is -2.34. The van der Waals surface area contributed by atoms with Crippen LogP contribution in [0.5, 0.6) is 0 Å². The summed E-state index contributed by atoms with van der Waals surface area (Å²) in [6, 6.07) is 0. The van der Waals surface area contributed by atoms with Crippen molar-refractivity contribution in [1.82, 2.24) is 0 Å². The lowest BCUT2D eigenvalue weighted by molar-refractivity contribution is -0.138. The van der Waals surface area contributed by atoms with Gasteiger partial charge in [-0.05, 0) is 6.92 Å². The Morgan fingerprint density at radius 2 is 1.62 bits per heavy atom. The molecule has 0 unspecified atom stereocenters. The highest BCUT2D eigenvalue weighted by Gasteiger charge is 2.44. The van der Waals surface area contributed by atoms with Crippen LogP contribution in [0, 0.1) is 0 Å². The number of esters is 1. The Labute approximate surface area is 91.3 Å². The molecule has 0 aliphatic rings. The maximum atomic E-state index is 10.9. The van der Waals surface area contributed by atoms with Crippen molar-refractivity contribution < 1.29 is 38.2 Å². The Hall–Kier alpha value is -0.490. The van der Waals surface area contributed by atoms with E-state index in [0.29, 0.717) is 0 Å². The van der Waals surface area contributed by atoms with E-state index in [2.05, 4.69) is 11.3 Å². The van der Waals surface area contributed by atoms with E-state index >= 15 is 0 Å². The summed E-state index contributed by atoms with van der Waals surface area (Å²) >= 11 is 0. The first-order chi connectivity index (χ1) is 6.96. The van der Waals surface area contributed by atoms with Gasteiger partial charge in [0.25, 0.3) is 0 Å². The first-order valence-corrected chi connectivity index (χ1v) is 7.25. The van der Waals surface area contributed by atoms with E-state index in [4.69, 9.17) is 19.6 Å². The number of ether oxygens (including phenoxy) is 1. The number of carbonyl (C=O) groups excluding carboxylic acids is 1. The van der Waals surface area contributed by atoms with E-state index in [-0.39, 0.29) is 5.57 Å². The molecule has 0 aliphatic carbocycles. The molecule has 0 aliphatic heterocycles. The third-order valence-corrected chi connectivity index (χ3v) is 5.14. The van der Waals surface area contributed by atoms with E-state index in [9.17, 15) is 13.9 Å². The molecule has 10 heteroatoms. The van der Waals surface area contributed by atoms with Crippen LogP contribution in [-0.4, -0.2) is 37.5 Å². The van der Waals surface area contributed by atoms with Gasteiger partial charge in [-0.25, -0.2) is 4.79 Å². The summed E-state index contributed by atoms with van der Waals surface area (Å²) in [5.41, 5.74) is -0.0461. The predicted octanol–water partition coefficient (Wildman–Crippen LogP) is -0.213. The highest BCUT2D eigenvalue weighted by atomic mass is 31.2. The largest absolute Gasteiger partial charge is 0.461 e. The van der Waals surface area contributed by atoms with Gasteiger partial charge in [0, 0.05) is 5.57 Å². The minimum absolute atomic E-state index is 0.0461. The van der Waals surface area contributed by atoms with E-state index in [0.717, 1.165) is 0 Å². The molecule has 0 spiro atoms. The van der Waals surface area contributed by atoms with Crippen LogP contribution in [0.2, 0.25) is 0 Å². The molecule has 0 saturated carbocycles. The molecule has 0 aromatic rings. The van der Waals surface area contributed by atoms with Gasteiger partial charge < -0.3 is 24.3 Å². The summed E-state index contributed by atoms with van der Waals surface area (Å²) in [5.74, 6) is -0.980. The zero-order chi connectivity index (χ0) is 13.1. The van der Waals surface area contributed by atoms with Gasteiger partial charge in [0.2, 0.25) is 0 Å². The Morgan fingerprint density at radius 1 is 1.25 bits per heavy atom. The number of hydrogen-bond acceptors (Lipinski definition) is 4. The van der Waals surface area contributed by atoms with E-state index in [1.54, 1.807) is 0 Å². The summed E-state index contributed by atoms with van der Waals surface area (Å²) in [4.78, 5) is 45.6. The topological polar surface area (TPSA) is 141 Å².